The number of hydrogen-bond acceptors (Lipinski definition) is 4. The summed E-state index contributed by atoms with van der Waals surface area (Å²) >= 11 is 0. The predicted octanol–water partition coefficient (Wildman–Crippen LogP) is 3.20. The van der Waals surface area contributed by atoms with Crippen LogP contribution in [0.1, 0.15) is 54.4 Å². The van der Waals surface area contributed by atoms with Crippen LogP contribution in [0.5, 0.6) is 0 Å². The number of carbonyl (C=O) groups excluding carboxylic acids is 1. The Bertz CT molecular complexity index is 339. The van der Waals surface area contributed by atoms with Gasteiger partial charge in [0.25, 0.3) is 0 Å². The molecule has 4 heteroatoms. The van der Waals surface area contributed by atoms with Crippen molar-refractivity contribution in [1.29, 1.82) is 0 Å². The second kappa shape index (κ2) is 6.06. The van der Waals surface area contributed by atoms with Crippen LogP contribution in [0.4, 0.5) is 0 Å². The van der Waals surface area contributed by atoms with E-state index in [9.17, 15) is 4.79 Å². The quantitative estimate of drug-likeness (QED) is 0.583. The fourth-order valence-electron chi connectivity index (χ4n) is 2.18. The van der Waals surface area contributed by atoms with Gasteiger partial charge in [-0.1, -0.05) is 12.2 Å². The maximum Gasteiger partial charge on any atom is 0.308 e. The van der Waals surface area contributed by atoms with Crippen LogP contribution in [0.2, 0.25) is 0 Å². The van der Waals surface area contributed by atoms with E-state index in [-0.39, 0.29) is 24.6 Å². The smallest absolute Gasteiger partial charge is 0.308 e. The Kier molecular flexibility index (Phi) is 5.16. The average Bonchev–Trinajstić information content (AvgIpc) is 2.10. The van der Waals surface area contributed by atoms with E-state index in [2.05, 4.69) is 0 Å². The Morgan fingerprint density at radius 1 is 1.37 bits per heavy atom. The van der Waals surface area contributed by atoms with Crippen LogP contribution in [0.25, 0.3) is 0 Å². The highest BCUT2D eigenvalue weighted by Gasteiger charge is 2.36. The molecule has 0 aromatic heterocycles. The van der Waals surface area contributed by atoms with Crippen LogP contribution in [0.3, 0.4) is 0 Å². The third-order valence-electron chi connectivity index (χ3n) is 2.60. The third kappa shape index (κ3) is 6.21. The van der Waals surface area contributed by atoms with Crippen LogP contribution in [-0.2, 0) is 19.0 Å². The standard InChI is InChI=1S/C15H26O4/c1-7-8-11-9-12(18-15(5,6)17-11)10-13(16)19-14(2,3)4/h7-8,11-12H,9-10H2,1-6H3. The van der Waals surface area contributed by atoms with Gasteiger partial charge in [-0.2, -0.15) is 0 Å². The Balaban J connectivity index is 2.59. The van der Waals surface area contributed by atoms with Crippen molar-refractivity contribution in [3.05, 3.63) is 12.2 Å². The van der Waals surface area contributed by atoms with E-state index in [1.54, 1.807) is 0 Å². The molecular formula is C15H26O4. The van der Waals surface area contributed by atoms with Crippen molar-refractivity contribution in [1.82, 2.24) is 0 Å². The molecule has 0 N–H and O–H groups in total. The van der Waals surface area contributed by atoms with E-state index < -0.39 is 11.4 Å². The maximum atomic E-state index is 11.8. The minimum atomic E-state index is -0.672. The topological polar surface area (TPSA) is 44.8 Å². The molecule has 2 atom stereocenters. The van der Waals surface area contributed by atoms with E-state index in [4.69, 9.17) is 14.2 Å². The van der Waals surface area contributed by atoms with Gasteiger partial charge in [0.2, 0.25) is 0 Å². The maximum absolute atomic E-state index is 11.8. The van der Waals surface area contributed by atoms with Gasteiger partial charge in [-0.3, -0.25) is 4.79 Å². The summed E-state index contributed by atoms with van der Waals surface area (Å²) in [6.45, 7) is 11.3. The summed E-state index contributed by atoms with van der Waals surface area (Å²) < 4.78 is 16.9. The molecule has 1 aliphatic heterocycles. The molecule has 1 heterocycles. The highest BCUT2D eigenvalue weighted by Crippen LogP contribution is 2.29. The third-order valence-corrected chi connectivity index (χ3v) is 2.60. The molecule has 0 saturated carbocycles. The van der Waals surface area contributed by atoms with Crippen molar-refractivity contribution in [3.63, 3.8) is 0 Å². The summed E-state index contributed by atoms with van der Waals surface area (Å²) in [5.41, 5.74) is -0.458. The number of rotatable bonds is 3. The normalized spacial score (nSPS) is 27.5. The first-order valence-electron chi connectivity index (χ1n) is 6.81. The largest absolute Gasteiger partial charge is 0.460 e. The van der Waals surface area contributed by atoms with Gasteiger partial charge in [0.1, 0.15) is 5.60 Å². The molecule has 0 aromatic rings. The zero-order chi connectivity index (χ0) is 14.7. The zero-order valence-electron chi connectivity index (χ0n) is 12.9. The molecule has 1 rings (SSSR count). The van der Waals surface area contributed by atoms with Crippen LogP contribution < -0.4 is 0 Å². The lowest BCUT2D eigenvalue weighted by Gasteiger charge is -2.39. The molecule has 0 amide bonds. The summed E-state index contributed by atoms with van der Waals surface area (Å²) in [7, 11) is 0. The van der Waals surface area contributed by atoms with Gasteiger partial charge in [0.05, 0.1) is 18.6 Å². The monoisotopic (exact) mass is 270 g/mol. The van der Waals surface area contributed by atoms with Crippen LogP contribution in [0, 0.1) is 0 Å². The summed E-state index contributed by atoms with van der Waals surface area (Å²) in [5, 5.41) is 0. The highest BCUT2D eigenvalue weighted by molar-refractivity contribution is 5.70. The van der Waals surface area contributed by atoms with E-state index in [1.165, 1.54) is 0 Å². The van der Waals surface area contributed by atoms with Crippen molar-refractivity contribution in [2.24, 2.45) is 0 Å². The Labute approximate surface area is 116 Å². The first-order chi connectivity index (χ1) is 8.61. The van der Waals surface area contributed by atoms with E-state index in [0.717, 1.165) is 0 Å². The van der Waals surface area contributed by atoms with Crippen molar-refractivity contribution in [2.45, 2.75) is 78.0 Å². The van der Waals surface area contributed by atoms with Gasteiger partial charge in [0, 0.05) is 6.42 Å². The second-order valence-corrected chi connectivity index (χ2v) is 6.35. The Morgan fingerprint density at radius 3 is 2.53 bits per heavy atom. The van der Waals surface area contributed by atoms with Crippen molar-refractivity contribution in [3.8, 4) is 0 Å². The molecule has 19 heavy (non-hydrogen) atoms. The van der Waals surface area contributed by atoms with Crippen LogP contribution in [0.15, 0.2) is 12.2 Å². The molecule has 0 aliphatic carbocycles. The lowest BCUT2D eigenvalue weighted by atomic mass is 10.0. The Morgan fingerprint density at radius 2 is 2.00 bits per heavy atom. The summed E-state index contributed by atoms with van der Waals surface area (Å²) in [5.74, 6) is -0.899. The van der Waals surface area contributed by atoms with E-state index in [1.807, 2.05) is 53.7 Å². The predicted molar refractivity (Wildman–Crippen MR) is 73.7 cm³/mol. The lowest BCUT2D eigenvalue weighted by Crippen LogP contribution is -2.45. The zero-order valence-corrected chi connectivity index (χ0v) is 12.9. The van der Waals surface area contributed by atoms with Crippen molar-refractivity contribution in [2.75, 3.05) is 0 Å². The molecular weight excluding hydrogens is 244 g/mol. The molecule has 0 spiro atoms. The molecule has 110 valence electrons. The first kappa shape index (κ1) is 16.2. The van der Waals surface area contributed by atoms with Crippen LogP contribution in [-0.4, -0.2) is 29.6 Å². The van der Waals surface area contributed by atoms with Gasteiger partial charge in [-0.25, -0.2) is 0 Å². The molecule has 4 nitrogen and oxygen atoms in total. The molecule has 1 fully saturated rings. The van der Waals surface area contributed by atoms with Crippen LogP contribution >= 0.6 is 0 Å². The number of ether oxygens (including phenoxy) is 3. The van der Waals surface area contributed by atoms with Gasteiger partial charge in [-0.05, 0) is 41.5 Å². The van der Waals surface area contributed by atoms with Gasteiger partial charge < -0.3 is 14.2 Å². The van der Waals surface area contributed by atoms with Crippen molar-refractivity contribution < 1.29 is 19.0 Å². The number of carbonyl (C=O) groups is 1. The molecule has 0 bridgehead atoms. The molecule has 0 radical (unpaired) electrons. The van der Waals surface area contributed by atoms with E-state index in [0.29, 0.717) is 6.42 Å². The number of esters is 1. The van der Waals surface area contributed by atoms with Gasteiger partial charge in [-0.15, -0.1) is 0 Å². The Hall–Kier alpha value is -0.870. The number of hydrogen-bond donors (Lipinski definition) is 0. The minimum absolute atomic E-state index is 0.0128. The SMILES string of the molecule is CC=CC1CC(CC(=O)OC(C)(C)C)OC(C)(C)O1. The number of allylic oxidation sites excluding steroid dienone is 1. The second-order valence-electron chi connectivity index (χ2n) is 6.35. The molecule has 1 saturated heterocycles. The summed E-state index contributed by atoms with van der Waals surface area (Å²) in [6, 6.07) is 0. The van der Waals surface area contributed by atoms with Crippen molar-refractivity contribution >= 4 is 5.97 Å². The summed E-state index contributed by atoms with van der Waals surface area (Å²) in [6.07, 6.45) is 4.70. The highest BCUT2D eigenvalue weighted by atomic mass is 16.7. The molecule has 0 aromatic carbocycles. The molecule has 2 unspecified atom stereocenters. The fraction of sp³-hybridized carbons (Fsp3) is 0.800. The van der Waals surface area contributed by atoms with Gasteiger partial charge in [0.15, 0.2) is 5.79 Å². The summed E-state index contributed by atoms with van der Waals surface area (Å²) in [4.78, 5) is 11.8. The van der Waals surface area contributed by atoms with E-state index >= 15 is 0 Å². The molecule has 1 aliphatic rings. The first-order valence-corrected chi connectivity index (χ1v) is 6.81. The van der Waals surface area contributed by atoms with Gasteiger partial charge >= 0.3 is 5.97 Å². The lowest BCUT2D eigenvalue weighted by molar-refractivity contribution is -0.290. The minimum Gasteiger partial charge on any atom is -0.460 e. The average molecular weight is 270 g/mol. The fourth-order valence-corrected chi connectivity index (χ4v) is 2.18.